The molecular weight excluding hydrogens is 464 g/mol. The van der Waals surface area contributed by atoms with Gasteiger partial charge < -0.3 is 19.9 Å². The van der Waals surface area contributed by atoms with Crippen molar-refractivity contribution in [1.29, 1.82) is 0 Å². The summed E-state index contributed by atoms with van der Waals surface area (Å²) < 4.78 is 6.99. The van der Waals surface area contributed by atoms with Crippen molar-refractivity contribution >= 4 is 39.1 Å². The van der Waals surface area contributed by atoms with E-state index in [-0.39, 0.29) is 29.9 Å². The fourth-order valence-electron chi connectivity index (χ4n) is 4.18. The highest BCUT2D eigenvalue weighted by Gasteiger charge is 2.30. The number of hydrogen-bond acceptors (Lipinski definition) is 8. The monoisotopic (exact) mass is 498 g/mol. The van der Waals surface area contributed by atoms with Gasteiger partial charge in [-0.1, -0.05) is 41.7 Å². The van der Waals surface area contributed by atoms with Crippen LogP contribution >= 0.6 is 11.3 Å². The zero-order valence-corrected chi connectivity index (χ0v) is 21.9. The van der Waals surface area contributed by atoms with Crippen LogP contribution in [0, 0.1) is 5.92 Å². The molecule has 9 nitrogen and oxygen atoms in total. The van der Waals surface area contributed by atoms with Crippen LogP contribution in [0.2, 0.25) is 0 Å². The van der Waals surface area contributed by atoms with Gasteiger partial charge in [0.1, 0.15) is 5.69 Å². The van der Waals surface area contributed by atoms with E-state index in [1.165, 1.54) is 11.3 Å². The Morgan fingerprint density at radius 2 is 2.00 bits per heavy atom. The highest BCUT2D eigenvalue weighted by molar-refractivity contribution is 7.20. The van der Waals surface area contributed by atoms with Gasteiger partial charge in [0.15, 0.2) is 5.82 Å². The molecule has 1 unspecified atom stereocenters. The number of benzene rings is 1. The molecule has 1 atom stereocenters. The first-order chi connectivity index (χ1) is 16.7. The minimum absolute atomic E-state index is 0.0210. The molecule has 10 heteroatoms. The predicted octanol–water partition coefficient (Wildman–Crippen LogP) is 3.91. The second-order valence-corrected chi connectivity index (χ2v) is 10.9. The molecule has 1 fully saturated rings. The summed E-state index contributed by atoms with van der Waals surface area (Å²) in [4.78, 5) is 34.4. The summed E-state index contributed by atoms with van der Waals surface area (Å²) in [5.41, 5.74) is 1.68. The maximum Gasteiger partial charge on any atom is 0.310 e. The lowest BCUT2D eigenvalue weighted by molar-refractivity contribution is -0.151. The van der Waals surface area contributed by atoms with Gasteiger partial charge >= 0.3 is 5.97 Å². The third-order valence-corrected chi connectivity index (χ3v) is 6.85. The number of ether oxygens (including phenoxy) is 1. The van der Waals surface area contributed by atoms with E-state index in [4.69, 9.17) is 14.8 Å². The molecule has 0 aliphatic carbocycles. The number of rotatable bonds is 7. The van der Waals surface area contributed by atoms with Crippen molar-refractivity contribution < 1.29 is 14.3 Å². The molecule has 2 aromatic heterocycles. The van der Waals surface area contributed by atoms with Crippen LogP contribution in [0.5, 0.6) is 0 Å². The van der Waals surface area contributed by atoms with Gasteiger partial charge in [-0.2, -0.15) is 4.52 Å². The number of amides is 1. The Kier molecular flexibility index (Phi) is 7.30. The molecule has 1 aliphatic rings. The number of imidazole rings is 1. The smallest absolute Gasteiger partial charge is 0.310 e. The van der Waals surface area contributed by atoms with Gasteiger partial charge in [0.25, 0.3) is 0 Å². The Morgan fingerprint density at radius 1 is 1.26 bits per heavy atom. The molecule has 35 heavy (non-hydrogen) atoms. The molecule has 188 valence electrons. The van der Waals surface area contributed by atoms with Crippen LogP contribution in [0.15, 0.2) is 30.3 Å². The third-order valence-electron chi connectivity index (χ3n) is 5.83. The number of fused-ring (bicyclic) bond motifs is 1. The average Bonchev–Trinajstić information content (AvgIpc) is 3.38. The number of aromatic nitrogens is 3. The van der Waals surface area contributed by atoms with Crippen LogP contribution in [0.4, 0.5) is 10.9 Å². The Balaban J connectivity index is 1.53. The Labute approximate surface area is 210 Å². The Morgan fingerprint density at radius 3 is 2.69 bits per heavy atom. The van der Waals surface area contributed by atoms with Crippen LogP contribution in [0.25, 0.3) is 16.2 Å². The Bertz CT molecular complexity index is 1180. The van der Waals surface area contributed by atoms with E-state index in [1.807, 2.05) is 46.8 Å². The SMILES string of the molecule is CCOC(=O)C1CCCN(C(=O)CN(C)c2nn3c(NC(C)(C)C)c(-c4ccccc4)nc3s2)C1. The van der Waals surface area contributed by atoms with Crippen molar-refractivity contribution in [2.24, 2.45) is 5.92 Å². The van der Waals surface area contributed by atoms with Gasteiger partial charge in [0.05, 0.1) is 19.1 Å². The minimum Gasteiger partial charge on any atom is -0.466 e. The summed E-state index contributed by atoms with van der Waals surface area (Å²) in [6.45, 7) is 9.70. The molecule has 0 radical (unpaired) electrons. The van der Waals surface area contributed by atoms with Gasteiger partial charge in [-0.15, -0.1) is 5.10 Å². The molecule has 4 rings (SSSR count). The molecule has 0 saturated carbocycles. The molecule has 3 heterocycles. The van der Waals surface area contributed by atoms with Crippen molar-refractivity contribution in [3.05, 3.63) is 30.3 Å². The first kappa shape index (κ1) is 25.0. The summed E-state index contributed by atoms with van der Waals surface area (Å²) in [5, 5.41) is 9.05. The van der Waals surface area contributed by atoms with Crippen LogP contribution in [-0.4, -0.2) is 70.2 Å². The molecule has 0 spiro atoms. The zero-order chi connectivity index (χ0) is 25.2. The number of anilines is 2. The van der Waals surface area contributed by atoms with Crippen molar-refractivity contribution in [2.75, 3.05) is 43.5 Å². The number of piperidine rings is 1. The van der Waals surface area contributed by atoms with E-state index >= 15 is 0 Å². The van der Waals surface area contributed by atoms with Gasteiger partial charge in [-0.25, -0.2) is 4.98 Å². The number of nitrogens with one attached hydrogen (secondary N) is 1. The average molecular weight is 499 g/mol. The standard InChI is InChI=1S/C25H34N6O3S/c1-6-34-22(33)18-13-10-14-30(15-18)19(32)16-29(5)24-28-31-21(27-25(2,3)4)20(26-23(31)35-24)17-11-8-7-9-12-17/h7-9,11-12,18,27H,6,10,13-16H2,1-5H3. The fourth-order valence-corrected chi connectivity index (χ4v) is 5.05. The van der Waals surface area contributed by atoms with Gasteiger partial charge in [0, 0.05) is 31.2 Å². The summed E-state index contributed by atoms with van der Waals surface area (Å²) in [6.07, 6.45) is 1.56. The lowest BCUT2D eigenvalue weighted by atomic mass is 9.98. The molecule has 3 aromatic rings. The summed E-state index contributed by atoms with van der Waals surface area (Å²) in [7, 11) is 1.86. The Hall–Kier alpha value is -3.14. The largest absolute Gasteiger partial charge is 0.466 e. The molecule has 1 amide bonds. The van der Waals surface area contributed by atoms with Crippen molar-refractivity contribution in [2.45, 2.75) is 46.1 Å². The second kappa shape index (κ2) is 10.2. The van der Waals surface area contributed by atoms with E-state index in [0.29, 0.717) is 24.8 Å². The quantitative estimate of drug-likeness (QED) is 0.494. The number of hydrogen-bond donors (Lipinski definition) is 1. The van der Waals surface area contributed by atoms with Crippen molar-refractivity contribution in [3.63, 3.8) is 0 Å². The lowest BCUT2D eigenvalue weighted by Crippen LogP contribution is -2.46. The highest BCUT2D eigenvalue weighted by Crippen LogP contribution is 2.34. The molecule has 1 N–H and O–H groups in total. The summed E-state index contributed by atoms with van der Waals surface area (Å²) >= 11 is 1.44. The first-order valence-corrected chi connectivity index (χ1v) is 12.9. The lowest BCUT2D eigenvalue weighted by Gasteiger charge is -2.32. The molecule has 1 aromatic carbocycles. The molecule has 1 aliphatic heterocycles. The van der Waals surface area contributed by atoms with Crippen LogP contribution in [0.3, 0.4) is 0 Å². The molecule has 0 bridgehead atoms. The minimum atomic E-state index is -0.247. The number of likely N-dealkylation sites (tertiary alicyclic amines) is 1. The van der Waals surface area contributed by atoms with E-state index in [0.717, 1.165) is 34.9 Å². The fraction of sp³-hybridized carbons (Fsp3) is 0.520. The van der Waals surface area contributed by atoms with Crippen LogP contribution in [-0.2, 0) is 14.3 Å². The maximum absolute atomic E-state index is 13.0. The summed E-state index contributed by atoms with van der Waals surface area (Å²) in [5.74, 6) is 0.345. The highest BCUT2D eigenvalue weighted by atomic mass is 32.1. The van der Waals surface area contributed by atoms with Crippen molar-refractivity contribution in [3.8, 4) is 11.3 Å². The topological polar surface area (TPSA) is 92.1 Å². The normalized spacial score (nSPS) is 16.4. The molecule has 1 saturated heterocycles. The summed E-state index contributed by atoms with van der Waals surface area (Å²) in [6, 6.07) is 10.0. The predicted molar refractivity (Wildman–Crippen MR) is 139 cm³/mol. The first-order valence-electron chi connectivity index (χ1n) is 12.0. The van der Waals surface area contributed by atoms with E-state index in [2.05, 4.69) is 26.1 Å². The van der Waals surface area contributed by atoms with E-state index in [9.17, 15) is 9.59 Å². The van der Waals surface area contributed by atoms with Gasteiger partial charge in [-0.3, -0.25) is 9.59 Å². The van der Waals surface area contributed by atoms with Crippen LogP contribution < -0.4 is 10.2 Å². The van der Waals surface area contributed by atoms with Crippen molar-refractivity contribution in [1.82, 2.24) is 19.5 Å². The third kappa shape index (κ3) is 5.75. The number of esters is 1. The maximum atomic E-state index is 13.0. The number of carbonyl (C=O) groups excluding carboxylic acids is 2. The van der Waals surface area contributed by atoms with E-state index in [1.54, 1.807) is 11.8 Å². The number of carbonyl (C=O) groups is 2. The number of nitrogens with zero attached hydrogens (tertiary/aromatic N) is 5. The van der Waals surface area contributed by atoms with Crippen LogP contribution in [0.1, 0.15) is 40.5 Å². The van der Waals surface area contributed by atoms with E-state index < -0.39 is 0 Å². The molecular formula is C25H34N6O3S. The van der Waals surface area contributed by atoms with Gasteiger partial charge in [-0.05, 0) is 40.5 Å². The van der Waals surface area contributed by atoms with Gasteiger partial charge in [0.2, 0.25) is 16.0 Å². The number of likely N-dealkylation sites (N-methyl/N-ethyl adjacent to an activating group) is 1. The second-order valence-electron chi connectivity index (χ2n) is 9.92. The zero-order valence-electron chi connectivity index (χ0n) is 21.1.